The molecule has 4 nitrogen and oxygen atoms in total. The van der Waals surface area contributed by atoms with E-state index in [1.807, 2.05) is 0 Å². The van der Waals surface area contributed by atoms with Crippen molar-refractivity contribution in [1.29, 1.82) is 0 Å². The van der Waals surface area contributed by atoms with Crippen LogP contribution in [0.1, 0.15) is 17.3 Å². The van der Waals surface area contributed by atoms with Crippen LogP contribution in [0.15, 0.2) is 36.5 Å². The highest BCUT2D eigenvalue weighted by molar-refractivity contribution is 5.44. The lowest BCUT2D eigenvalue weighted by molar-refractivity contribution is 0.396. The quantitative estimate of drug-likeness (QED) is 0.918. The predicted octanol–water partition coefficient (Wildman–Crippen LogP) is 2.29. The second kappa shape index (κ2) is 5.67. The summed E-state index contributed by atoms with van der Waals surface area (Å²) in [6.07, 6.45) is 1.50. The second-order valence-electron chi connectivity index (χ2n) is 3.96. The van der Waals surface area contributed by atoms with Crippen molar-refractivity contribution in [2.24, 2.45) is 5.73 Å². The van der Waals surface area contributed by atoms with Crippen molar-refractivity contribution < 1.29 is 13.9 Å². The average Bonchev–Trinajstić information content (AvgIpc) is 2.46. The molecule has 1 atom stereocenters. The van der Waals surface area contributed by atoms with Crippen molar-refractivity contribution in [3.05, 3.63) is 53.6 Å². The third kappa shape index (κ3) is 2.66. The lowest BCUT2D eigenvalue weighted by atomic mass is 10.0. The van der Waals surface area contributed by atoms with Crippen LogP contribution < -0.4 is 15.2 Å². The first-order valence-corrected chi connectivity index (χ1v) is 5.75. The minimum atomic E-state index is -0.716. The van der Waals surface area contributed by atoms with Crippen molar-refractivity contribution in [3.8, 4) is 11.5 Å². The summed E-state index contributed by atoms with van der Waals surface area (Å²) in [5, 5.41) is 0. The van der Waals surface area contributed by atoms with Crippen molar-refractivity contribution in [3.63, 3.8) is 0 Å². The molecule has 1 aromatic heterocycles. The van der Waals surface area contributed by atoms with Crippen LogP contribution in [0.5, 0.6) is 11.5 Å². The molecule has 1 unspecified atom stereocenters. The molecule has 5 heteroatoms. The first kappa shape index (κ1) is 13.3. The van der Waals surface area contributed by atoms with Gasteiger partial charge in [-0.25, -0.2) is 4.39 Å². The van der Waals surface area contributed by atoms with Crippen LogP contribution in [0, 0.1) is 5.82 Å². The normalized spacial score (nSPS) is 12.0. The highest BCUT2D eigenvalue weighted by Gasteiger charge is 2.19. The molecule has 0 amide bonds. The van der Waals surface area contributed by atoms with E-state index in [2.05, 4.69) is 4.98 Å². The Kier molecular flexibility index (Phi) is 3.97. The van der Waals surface area contributed by atoms with Gasteiger partial charge in [-0.1, -0.05) is 0 Å². The van der Waals surface area contributed by atoms with Crippen LogP contribution in [0.4, 0.5) is 4.39 Å². The predicted molar refractivity (Wildman–Crippen MR) is 69.8 cm³/mol. The van der Waals surface area contributed by atoms with E-state index in [1.165, 1.54) is 25.4 Å². The summed E-state index contributed by atoms with van der Waals surface area (Å²) in [4.78, 5) is 3.99. The average molecular weight is 262 g/mol. The van der Waals surface area contributed by atoms with Gasteiger partial charge in [0.05, 0.1) is 26.0 Å². The largest absolute Gasteiger partial charge is 0.497 e. The molecular formula is C14H15FN2O2. The summed E-state index contributed by atoms with van der Waals surface area (Å²) in [5.74, 6) is 0.751. The van der Waals surface area contributed by atoms with Crippen molar-refractivity contribution >= 4 is 0 Å². The fraction of sp³-hybridized carbons (Fsp3) is 0.214. The summed E-state index contributed by atoms with van der Waals surface area (Å²) in [6.45, 7) is 0. The molecule has 0 aliphatic heterocycles. The molecule has 2 rings (SSSR count). The molecular weight excluding hydrogens is 247 g/mol. The number of nitrogens with zero attached hydrogens (tertiary/aromatic N) is 1. The van der Waals surface area contributed by atoms with Crippen LogP contribution >= 0.6 is 0 Å². The number of nitrogens with two attached hydrogens (primary N) is 1. The highest BCUT2D eigenvalue weighted by Crippen LogP contribution is 2.31. The summed E-state index contributed by atoms with van der Waals surface area (Å²) in [6, 6.07) is 7.34. The van der Waals surface area contributed by atoms with Gasteiger partial charge in [-0.15, -0.1) is 0 Å². The van der Waals surface area contributed by atoms with Crippen molar-refractivity contribution in [1.82, 2.24) is 4.98 Å². The fourth-order valence-corrected chi connectivity index (χ4v) is 1.86. The van der Waals surface area contributed by atoms with Gasteiger partial charge in [0.15, 0.2) is 0 Å². The zero-order valence-electron chi connectivity index (χ0n) is 10.8. The van der Waals surface area contributed by atoms with Gasteiger partial charge in [-0.05, 0) is 30.3 Å². The Morgan fingerprint density at radius 3 is 2.63 bits per heavy atom. The lowest BCUT2D eigenvalue weighted by Crippen LogP contribution is -2.16. The van der Waals surface area contributed by atoms with Gasteiger partial charge in [-0.2, -0.15) is 0 Å². The summed E-state index contributed by atoms with van der Waals surface area (Å²) in [5.41, 5.74) is 6.88. The number of hydrogen-bond donors (Lipinski definition) is 1. The number of benzene rings is 1. The van der Waals surface area contributed by atoms with Gasteiger partial charge in [0.25, 0.3) is 0 Å². The molecule has 0 saturated carbocycles. The van der Waals surface area contributed by atoms with Crippen molar-refractivity contribution in [2.45, 2.75) is 6.04 Å². The van der Waals surface area contributed by atoms with E-state index in [-0.39, 0.29) is 5.69 Å². The van der Waals surface area contributed by atoms with Crippen LogP contribution in [0.2, 0.25) is 0 Å². The zero-order chi connectivity index (χ0) is 13.8. The Morgan fingerprint density at radius 1 is 1.21 bits per heavy atom. The smallest absolute Gasteiger partial charge is 0.146 e. The van der Waals surface area contributed by atoms with E-state index in [9.17, 15) is 4.39 Å². The SMILES string of the molecule is COc1ccc(OC)c(C(N)c2ncccc2F)c1. The summed E-state index contributed by atoms with van der Waals surface area (Å²) >= 11 is 0. The molecule has 0 aliphatic carbocycles. The van der Waals surface area contributed by atoms with Gasteiger partial charge >= 0.3 is 0 Å². The first-order valence-electron chi connectivity index (χ1n) is 5.75. The summed E-state index contributed by atoms with van der Waals surface area (Å²) in [7, 11) is 3.09. The first-order chi connectivity index (χ1) is 9.17. The minimum Gasteiger partial charge on any atom is -0.497 e. The highest BCUT2D eigenvalue weighted by atomic mass is 19.1. The van der Waals surface area contributed by atoms with Gasteiger partial charge in [0.2, 0.25) is 0 Å². The number of aromatic nitrogens is 1. The Balaban J connectivity index is 2.48. The van der Waals surface area contributed by atoms with Crippen LogP contribution in [-0.2, 0) is 0 Å². The van der Waals surface area contributed by atoms with E-state index < -0.39 is 11.9 Å². The molecule has 100 valence electrons. The maximum Gasteiger partial charge on any atom is 0.146 e. The van der Waals surface area contributed by atoms with E-state index in [1.54, 1.807) is 25.3 Å². The van der Waals surface area contributed by atoms with Crippen LogP contribution in [0.3, 0.4) is 0 Å². The Morgan fingerprint density at radius 2 is 2.00 bits per heavy atom. The van der Waals surface area contributed by atoms with Gasteiger partial charge in [-0.3, -0.25) is 4.98 Å². The fourth-order valence-electron chi connectivity index (χ4n) is 1.86. The number of rotatable bonds is 4. The Bertz CT molecular complexity index is 575. The van der Waals surface area contributed by atoms with E-state index in [0.29, 0.717) is 17.1 Å². The van der Waals surface area contributed by atoms with Crippen LogP contribution in [0.25, 0.3) is 0 Å². The molecule has 2 aromatic rings. The molecule has 0 radical (unpaired) electrons. The Labute approximate surface area is 111 Å². The maximum absolute atomic E-state index is 13.7. The van der Waals surface area contributed by atoms with E-state index in [4.69, 9.17) is 15.2 Å². The Hall–Kier alpha value is -2.14. The number of pyridine rings is 1. The van der Waals surface area contributed by atoms with Gasteiger partial charge in [0, 0.05) is 11.8 Å². The molecule has 0 aliphatic rings. The van der Waals surface area contributed by atoms with Gasteiger partial charge in [0.1, 0.15) is 17.3 Å². The number of methoxy groups -OCH3 is 2. The van der Waals surface area contributed by atoms with Crippen molar-refractivity contribution in [2.75, 3.05) is 14.2 Å². The number of hydrogen-bond acceptors (Lipinski definition) is 4. The number of halogens is 1. The third-order valence-corrected chi connectivity index (χ3v) is 2.85. The second-order valence-corrected chi connectivity index (χ2v) is 3.96. The molecule has 1 heterocycles. The standard InChI is InChI=1S/C14H15FN2O2/c1-18-9-5-6-12(19-2)10(8-9)13(16)14-11(15)4-3-7-17-14/h3-8,13H,16H2,1-2H3. The van der Waals surface area contributed by atoms with E-state index in [0.717, 1.165) is 0 Å². The molecule has 0 spiro atoms. The third-order valence-electron chi connectivity index (χ3n) is 2.85. The molecule has 0 bridgehead atoms. The molecule has 19 heavy (non-hydrogen) atoms. The topological polar surface area (TPSA) is 57.4 Å². The van der Waals surface area contributed by atoms with Gasteiger partial charge < -0.3 is 15.2 Å². The monoisotopic (exact) mass is 262 g/mol. The molecule has 1 aromatic carbocycles. The molecule has 2 N–H and O–H groups in total. The number of ether oxygens (including phenoxy) is 2. The molecule has 0 saturated heterocycles. The van der Waals surface area contributed by atoms with E-state index >= 15 is 0 Å². The molecule has 0 fully saturated rings. The summed E-state index contributed by atoms with van der Waals surface area (Å²) < 4.78 is 24.1. The lowest BCUT2D eigenvalue weighted by Gasteiger charge is -2.16. The minimum absolute atomic E-state index is 0.175. The maximum atomic E-state index is 13.7. The van der Waals surface area contributed by atoms with Crippen LogP contribution in [-0.4, -0.2) is 19.2 Å². The zero-order valence-corrected chi connectivity index (χ0v) is 10.8.